The number of hydrogen-bond donors (Lipinski definition) is 0. The number of aryl methyl sites for hydroxylation is 1. The average molecular weight is 407 g/mol. The number of anilines is 1. The number of para-hydroxylation sites is 1. The maximum Gasteiger partial charge on any atom is 0.278 e. The van der Waals surface area contributed by atoms with Crippen LogP contribution < -0.4 is 9.64 Å². The van der Waals surface area contributed by atoms with Crippen LogP contribution in [0.15, 0.2) is 60.8 Å². The SMILES string of the molecule is CCOc1cccc2sc(N(Cc3ccccc3)C(=O)c3ccnn3CC)nc12. The van der Waals surface area contributed by atoms with Crippen LogP contribution in [-0.2, 0) is 13.1 Å². The molecule has 7 heteroatoms. The van der Waals surface area contributed by atoms with Gasteiger partial charge in [-0.25, -0.2) is 4.98 Å². The van der Waals surface area contributed by atoms with Gasteiger partial charge in [-0.3, -0.25) is 14.4 Å². The third kappa shape index (κ3) is 3.86. The lowest BCUT2D eigenvalue weighted by molar-refractivity contribution is 0.0975. The molecule has 0 N–H and O–H groups in total. The second-order valence-electron chi connectivity index (χ2n) is 6.44. The Morgan fingerprint density at radius 1 is 1.10 bits per heavy atom. The minimum Gasteiger partial charge on any atom is -0.492 e. The molecule has 0 fully saturated rings. The standard InChI is InChI=1S/C22H22N4O2S/c1-3-26-17(13-14-23-26)21(27)25(15-16-9-6-5-7-10-16)22-24-20-18(28-4-2)11-8-12-19(20)29-22/h5-14H,3-4,15H2,1-2H3. The minimum absolute atomic E-state index is 0.120. The number of rotatable bonds is 7. The highest BCUT2D eigenvalue weighted by Gasteiger charge is 2.25. The third-order valence-electron chi connectivity index (χ3n) is 4.57. The molecule has 0 unspecified atom stereocenters. The number of amides is 1. The summed E-state index contributed by atoms with van der Waals surface area (Å²) in [5.74, 6) is 0.614. The van der Waals surface area contributed by atoms with E-state index in [1.54, 1.807) is 21.8 Å². The topological polar surface area (TPSA) is 60.2 Å². The molecule has 0 aliphatic carbocycles. The first-order chi connectivity index (χ1) is 14.2. The van der Waals surface area contributed by atoms with E-state index in [2.05, 4.69) is 5.10 Å². The Balaban J connectivity index is 1.78. The molecule has 2 aromatic carbocycles. The second-order valence-corrected chi connectivity index (χ2v) is 7.45. The minimum atomic E-state index is -0.120. The number of nitrogens with zero attached hydrogens (tertiary/aromatic N) is 4. The average Bonchev–Trinajstić information content (AvgIpc) is 3.40. The van der Waals surface area contributed by atoms with Crippen molar-refractivity contribution in [1.29, 1.82) is 0 Å². The molecule has 0 aliphatic heterocycles. The Bertz CT molecular complexity index is 1120. The van der Waals surface area contributed by atoms with Crippen LogP contribution >= 0.6 is 11.3 Å². The van der Waals surface area contributed by atoms with Crippen LogP contribution in [0, 0.1) is 0 Å². The summed E-state index contributed by atoms with van der Waals surface area (Å²) in [5.41, 5.74) is 2.37. The van der Waals surface area contributed by atoms with Gasteiger partial charge in [0.2, 0.25) is 0 Å². The molecule has 0 radical (unpaired) electrons. The van der Waals surface area contributed by atoms with E-state index in [1.165, 1.54) is 11.3 Å². The van der Waals surface area contributed by atoms with Crippen molar-refractivity contribution in [3.8, 4) is 5.75 Å². The molecule has 0 saturated heterocycles. The number of fused-ring (bicyclic) bond motifs is 1. The summed E-state index contributed by atoms with van der Waals surface area (Å²) >= 11 is 1.49. The highest BCUT2D eigenvalue weighted by atomic mass is 32.1. The fraction of sp³-hybridized carbons (Fsp3) is 0.227. The maximum absolute atomic E-state index is 13.5. The maximum atomic E-state index is 13.5. The molecule has 0 saturated carbocycles. The van der Waals surface area contributed by atoms with Gasteiger partial charge in [0, 0.05) is 12.7 Å². The molecule has 0 aliphatic rings. The summed E-state index contributed by atoms with van der Waals surface area (Å²) in [4.78, 5) is 20.0. The molecule has 0 atom stereocenters. The third-order valence-corrected chi connectivity index (χ3v) is 5.61. The summed E-state index contributed by atoms with van der Waals surface area (Å²) in [6, 6.07) is 17.5. The predicted octanol–water partition coefficient (Wildman–Crippen LogP) is 4.76. The number of carbonyl (C=O) groups excluding carboxylic acids is 1. The molecule has 4 aromatic rings. The number of benzene rings is 2. The van der Waals surface area contributed by atoms with Crippen LogP contribution in [0.3, 0.4) is 0 Å². The molecule has 29 heavy (non-hydrogen) atoms. The van der Waals surface area contributed by atoms with Gasteiger partial charge in [0.15, 0.2) is 5.13 Å². The van der Waals surface area contributed by atoms with E-state index >= 15 is 0 Å². The van der Waals surface area contributed by atoms with Gasteiger partial charge < -0.3 is 4.74 Å². The van der Waals surface area contributed by atoms with Crippen molar-refractivity contribution < 1.29 is 9.53 Å². The molecule has 2 aromatic heterocycles. The Morgan fingerprint density at radius 2 is 1.93 bits per heavy atom. The van der Waals surface area contributed by atoms with Crippen molar-refractivity contribution in [3.63, 3.8) is 0 Å². The Hall–Kier alpha value is -3.19. The van der Waals surface area contributed by atoms with E-state index in [0.29, 0.717) is 30.5 Å². The molecular weight excluding hydrogens is 384 g/mol. The highest BCUT2D eigenvalue weighted by Crippen LogP contribution is 2.35. The molecule has 0 bridgehead atoms. The van der Waals surface area contributed by atoms with Crippen molar-refractivity contribution in [2.24, 2.45) is 0 Å². The number of hydrogen-bond acceptors (Lipinski definition) is 5. The van der Waals surface area contributed by atoms with Crippen molar-refractivity contribution in [1.82, 2.24) is 14.8 Å². The first-order valence-corrected chi connectivity index (χ1v) is 10.4. The summed E-state index contributed by atoms with van der Waals surface area (Å²) in [5, 5.41) is 4.90. The first kappa shape index (κ1) is 19.1. The molecular formula is C22H22N4O2S. The molecule has 2 heterocycles. The number of aromatic nitrogens is 3. The molecule has 4 rings (SSSR count). The number of carbonyl (C=O) groups is 1. The lowest BCUT2D eigenvalue weighted by Crippen LogP contribution is -2.32. The summed E-state index contributed by atoms with van der Waals surface area (Å²) in [7, 11) is 0. The molecule has 1 amide bonds. The van der Waals surface area contributed by atoms with Crippen LogP contribution in [0.5, 0.6) is 5.75 Å². The number of thiazole rings is 1. The van der Waals surface area contributed by atoms with E-state index < -0.39 is 0 Å². The molecule has 6 nitrogen and oxygen atoms in total. The van der Waals surface area contributed by atoms with Crippen molar-refractivity contribution >= 4 is 32.6 Å². The Morgan fingerprint density at radius 3 is 2.69 bits per heavy atom. The van der Waals surface area contributed by atoms with Gasteiger partial charge >= 0.3 is 0 Å². The van der Waals surface area contributed by atoms with E-state index in [0.717, 1.165) is 21.5 Å². The zero-order valence-corrected chi connectivity index (χ0v) is 17.2. The van der Waals surface area contributed by atoms with Crippen molar-refractivity contribution in [3.05, 3.63) is 72.1 Å². The van der Waals surface area contributed by atoms with Gasteiger partial charge in [-0.05, 0) is 37.6 Å². The van der Waals surface area contributed by atoms with Crippen LogP contribution in [0.25, 0.3) is 10.2 Å². The quantitative estimate of drug-likeness (QED) is 0.444. The lowest BCUT2D eigenvalue weighted by atomic mass is 10.2. The zero-order chi connectivity index (χ0) is 20.2. The van der Waals surface area contributed by atoms with Crippen LogP contribution in [0.4, 0.5) is 5.13 Å². The largest absolute Gasteiger partial charge is 0.492 e. The monoisotopic (exact) mass is 406 g/mol. The van der Waals surface area contributed by atoms with Gasteiger partial charge in [0.25, 0.3) is 5.91 Å². The highest BCUT2D eigenvalue weighted by molar-refractivity contribution is 7.22. The first-order valence-electron chi connectivity index (χ1n) is 9.61. The van der Waals surface area contributed by atoms with Gasteiger partial charge in [-0.1, -0.05) is 47.7 Å². The van der Waals surface area contributed by atoms with E-state index in [9.17, 15) is 4.79 Å². The number of ether oxygens (including phenoxy) is 1. The van der Waals surface area contributed by atoms with Gasteiger partial charge in [-0.2, -0.15) is 5.10 Å². The molecule has 148 valence electrons. The Kier molecular flexibility index (Phi) is 5.57. The van der Waals surface area contributed by atoms with E-state index in [-0.39, 0.29) is 5.91 Å². The van der Waals surface area contributed by atoms with Gasteiger partial charge in [0.05, 0.1) is 17.9 Å². The van der Waals surface area contributed by atoms with Crippen molar-refractivity contribution in [2.75, 3.05) is 11.5 Å². The predicted molar refractivity (Wildman–Crippen MR) is 116 cm³/mol. The van der Waals surface area contributed by atoms with Crippen molar-refractivity contribution in [2.45, 2.75) is 26.9 Å². The van der Waals surface area contributed by atoms with Gasteiger partial charge in [-0.15, -0.1) is 0 Å². The van der Waals surface area contributed by atoms with Gasteiger partial charge in [0.1, 0.15) is 17.0 Å². The van der Waals surface area contributed by atoms with Crippen LogP contribution in [-0.4, -0.2) is 27.3 Å². The summed E-state index contributed by atoms with van der Waals surface area (Å²) < 4.78 is 8.42. The van der Waals surface area contributed by atoms with Crippen LogP contribution in [0.1, 0.15) is 29.9 Å². The summed E-state index contributed by atoms with van der Waals surface area (Å²) in [6.07, 6.45) is 1.66. The fourth-order valence-electron chi connectivity index (χ4n) is 3.20. The lowest BCUT2D eigenvalue weighted by Gasteiger charge is -2.20. The second kappa shape index (κ2) is 8.45. The Labute approximate surface area is 173 Å². The van der Waals surface area contributed by atoms with Crippen LogP contribution in [0.2, 0.25) is 0 Å². The summed E-state index contributed by atoms with van der Waals surface area (Å²) in [6.45, 7) is 5.54. The normalized spacial score (nSPS) is 11.0. The molecule has 0 spiro atoms. The smallest absolute Gasteiger partial charge is 0.278 e. The van der Waals surface area contributed by atoms with E-state index in [1.807, 2.05) is 62.4 Å². The van der Waals surface area contributed by atoms with E-state index in [4.69, 9.17) is 9.72 Å². The zero-order valence-electron chi connectivity index (χ0n) is 16.4. The fourth-order valence-corrected chi connectivity index (χ4v) is 4.18.